The van der Waals surface area contributed by atoms with Gasteiger partial charge in [-0.05, 0) is 32.1 Å². The second-order valence-corrected chi connectivity index (χ2v) is 8.51. The Labute approximate surface area is 187 Å². The molecule has 0 unspecified atom stereocenters. The third-order valence-corrected chi connectivity index (χ3v) is 6.67. The second-order valence-electron chi connectivity index (χ2n) is 8.51. The van der Waals surface area contributed by atoms with Crippen molar-refractivity contribution in [3.8, 4) is 17.2 Å². The van der Waals surface area contributed by atoms with Crippen LogP contribution in [0.4, 0.5) is 0 Å². The summed E-state index contributed by atoms with van der Waals surface area (Å²) in [7, 11) is 6.82. The molecule has 0 atom stereocenters. The molecule has 7 nitrogen and oxygen atoms in total. The van der Waals surface area contributed by atoms with Crippen molar-refractivity contribution < 1.29 is 14.2 Å². The van der Waals surface area contributed by atoms with Crippen molar-refractivity contribution in [1.29, 1.82) is 0 Å². The molecule has 1 saturated carbocycles. The maximum Gasteiger partial charge on any atom is 0.191 e. The molecule has 1 aromatic carbocycles. The zero-order chi connectivity index (χ0) is 22.1. The van der Waals surface area contributed by atoms with E-state index in [1.54, 1.807) is 21.3 Å². The number of aliphatic imine (C=N–C) groups is 1. The molecule has 2 N–H and O–H groups in total. The van der Waals surface area contributed by atoms with E-state index < -0.39 is 0 Å². The molecule has 0 amide bonds. The fourth-order valence-electron chi connectivity index (χ4n) is 4.87. The van der Waals surface area contributed by atoms with Crippen LogP contribution in [0.25, 0.3) is 0 Å². The third-order valence-electron chi connectivity index (χ3n) is 6.67. The molecular weight excluding hydrogens is 392 g/mol. The van der Waals surface area contributed by atoms with Crippen LogP contribution in [0.3, 0.4) is 0 Å². The molecule has 1 aliphatic heterocycles. The Balaban J connectivity index is 1.47. The molecule has 31 heavy (non-hydrogen) atoms. The maximum absolute atomic E-state index is 5.56. The Morgan fingerprint density at radius 3 is 2.16 bits per heavy atom. The first-order valence-corrected chi connectivity index (χ1v) is 11.7. The zero-order valence-corrected chi connectivity index (χ0v) is 19.7. The highest BCUT2D eigenvalue weighted by Crippen LogP contribution is 2.34. The van der Waals surface area contributed by atoms with Crippen molar-refractivity contribution >= 4 is 5.96 Å². The molecule has 2 fully saturated rings. The minimum absolute atomic E-state index is 0.482. The molecule has 1 heterocycles. The van der Waals surface area contributed by atoms with Crippen molar-refractivity contribution in [3.63, 3.8) is 0 Å². The molecule has 2 aliphatic rings. The average Bonchev–Trinajstić information content (AvgIpc) is 2.84. The first-order chi connectivity index (χ1) is 15.2. The summed E-state index contributed by atoms with van der Waals surface area (Å²) in [6, 6.07) is 5.09. The minimum atomic E-state index is 0.482. The van der Waals surface area contributed by atoms with Crippen molar-refractivity contribution in [2.75, 3.05) is 48.0 Å². The summed E-state index contributed by atoms with van der Waals surface area (Å²) >= 11 is 0. The quantitative estimate of drug-likeness (QED) is 0.486. The summed E-state index contributed by atoms with van der Waals surface area (Å²) in [5.41, 5.74) is 1.02. The van der Waals surface area contributed by atoms with Crippen LogP contribution in [0, 0.1) is 0 Å². The topological polar surface area (TPSA) is 67.4 Å². The summed E-state index contributed by atoms with van der Waals surface area (Å²) in [5, 5.41) is 7.07. The molecule has 1 aromatic rings. The van der Waals surface area contributed by atoms with E-state index in [-0.39, 0.29) is 0 Å². The Morgan fingerprint density at radius 1 is 0.968 bits per heavy atom. The number of rotatable bonds is 8. The Hall–Kier alpha value is -2.15. The van der Waals surface area contributed by atoms with Crippen LogP contribution in [-0.4, -0.2) is 71.0 Å². The van der Waals surface area contributed by atoms with Gasteiger partial charge in [0.1, 0.15) is 17.2 Å². The highest BCUT2D eigenvalue weighted by Gasteiger charge is 2.26. The van der Waals surface area contributed by atoms with Gasteiger partial charge in [0.2, 0.25) is 0 Å². The molecule has 0 spiro atoms. The summed E-state index contributed by atoms with van der Waals surface area (Å²) in [6.45, 7) is 3.12. The number of likely N-dealkylation sites (tertiary alicyclic amines) is 1. The lowest BCUT2D eigenvalue weighted by Crippen LogP contribution is -2.51. The van der Waals surface area contributed by atoms with E-state index in [1.807, 2.05) is 19.2 Å². The van der Waals surface area contributed by atoms with Crippen LogP contribution in [0.15, 0.2) is 17.1 Å². The smallest absolute Gasteiger partial charge is 0.191 e. The van der Waals surface area contributed by atoms with Gasteiger partial charge in [-0.3, -0.25) is 4.99 Å². The number of methoxy groups -OCH3 is 3. The lowest BCUT2D eigenvalue weighted by atomic mass is 9.92. The van der Waals surface area contributed by atoms with Crippen molar-refractivity contribution in [2.24, 2.45) is 4.99 Å². The molecule has 7 heteroatoms. The monoisotopic (exact) mass is 432 g/mol. The molecule has 0 bridgehead atoms. The van der Waals surface area contributed by atoms with Gasteiger partial charge in [-0.15, -0.1) is 0 Å². The summed E-state index contributed by atoms with van der Waals surface area (Å²) in [6.07, 6.45) is 10.1. The zero-order valence-electron chi connectivity index (χ0n) is 19.7. The van der Waals surface area contributed by atoms with Gasteiger partial charge in [0.25, 0.3) is 0 Å². The van der Waals surface area contributed by atoms with E-state index in [1.165, 1.54) is 58.0 Å². The van der Waals surface area contributed by atoms with Crippen LogP contribution in [0.1, 0.15) is 50.5 Å². The van der Waals surface area contributed by atoms with Crippen molar-refractivity contribution in [3.05, 3.63) is 17.7 Å². The number of hydrogen-bond donors (Lipinski definition) is 2. The van der Waals surface area contributed by atoms with Crippen LogP contribution < -0.4 is 24.8 Å². The first-order valence-electron chi connectivity index (χ1n) is 11.7. The van der Waals surface area contributed by atoms with Crippen LogP contribution >= 0.6 is 0 Å². The molecule has 0 radical (unpaired) electrons. The first kappa shape index (κ1) is 23.5. The summed E-state index contributed by atoms with van der Waals surface area (Å²) in [4.78, 5) is 7.15. The van der Waals surface area contributed by atoms with E-state index in [2.05, 4.69) is 20.5 Å². The molecular formula is C24H40N4O3. The minimum Gasteiger partial charge on any atom is -0.496 e. The second kappa shape index (κ2) is 12.0. The van der Waals surface area contributed by atoms with E-state index in [9.17, 15) is 0 Å². The van der Waals surface area contributed by atoms with E-state index in [4.69, 9.17) is 14.2 Å². The fraction of sp³-hybridized carbons (Fsp3) is 0.708. The molecule has 3 rings (SSSR count). The maximum atomic E-state index is 5.56. The average molecular weight is 433 g/mol. The van der Waals surface area contributed by atoms with Gasteiger partial charge in [0, 0.05) is 56.5 Å². The fourth-order valence-corrected chi connectivity index (χ4v) is 4.87. The van der Waals surface area contributed by atoms with Gasteiger partial charge in [-0.25, -0.2) is 0 Å². The van der Waals surface area contributed by atoms with Crippen LogP contribution in [0.2, 0.25) is 0 Å². The standard InChI is InChI=1S/C24H40N4O3/c1-25-24(27-18-11-14-28(15-12-18)19-8-6-5-7-9-19)26-13-10-21-22(30-3)16-20(29-2)17-23(21)31-4/h16-19H,5-15H2,1-4H3,(H2,25,26,27). The SMILES string of the molecule is CN=C(NCCc1c(OC)cc(OC)cc1OC)NC1CCN(C2CCCCC2)CC1. The van der Waals surface area contributed by atoms with Gasteiger partial charge >= 0.3 is 0 Å². The summed E-state index contributed by atoms with van der Waals surface area (Å²) < 4.78 is 16.5. The number of hydrogen-bond acceptors (Lipinski definition) is 5. The summed E-state index contributed by atoms with van der Waals surface area (Å²) in [5.74, 6) is 3.14. The van der Waals surface area contributed by atoms with Gasteiger partial charge in [0.05, 0.1) is 21.3 Å². The van der Waals surface area contributed by atoms with E-state index >= 15 is 0 Å². The van der Waals surface area contributed by atoms with Gasteiger partial charge in [0.15, 0.2) is 5.96 Å². The Morgan fingerprint density at radius 2 is 1.61 bits per heavy atom. The highest BCUT2D eigenvalue weighted by atomic mass is 16.5. The van der Waals surface area contributed by atoms with Gasteiger partial charge < -0.3 is 29.7 Å². The van der Waals surface area contributed by atoms with E-state index in [0.29, 0.717) is 6.04 Å². The number of nitrogens with zero attached hydrogens (tertiary/aromatic N) is 2. The third kappa shape index (κ3) is 6.42. The highest BCUT2D eigenvalue weighted by molar-refractivity contribution is 5.80. The lowest BCUT2D eigenvalue weighted by molar-refractivity contribution is 0.119. The number of nitrogens with one attached hydrogen (secondary N) is 2. The van der Waals surface area contributed by atoms with Crippen LogP contribution in [-0.2, 0) is 6.42 Å². The normalized spacial score (nSPS) is 19.2. The molecule has 174 valence electrons. The van der Waals surface area contributed by atoms with Crippen molar-refractivity contribution in [1.82, 2.24) is 15.5 Å². The van der Waals surface area contributed by atoms with Gasteiger partial charge in [-0.2, -0.15) is 0 Å². The predicted molar refractivity (Wildman–Crippen MR) is 126 cm³/mol. The Kier molecular flexibility index (Phi) is 9.13. The Bertz CT molecular complexity index is 686. The number of guanidine groups is 1. The molecule has 1 aliphatic carbocycles. The lowest BCUT2D eigenvalue weighted by Gasteiger charge is -2.39. The van der Waals surface area contributed by atoms with Crippen LogP contribution in [0.5, 0.6) is 17.2 Å². The number of ether oxygens (including phenoxy) is 3. The largest absolute Gasteiger partial charge is 0.496 e. The molecule has 1 saturated heterocycles. The number of benzene rings is 1. The van der Waals surface area contributed by atoms with Crippen molar-refractivity contribution in [2.45, 2.75) is 63.5 Å². The predicted octanol–water partition coefficient (Wildman–Crippen LogP) is 3.22. The van der Waals surface area contributed by atoms with Gasteiger partial charge in [-0.1, -0.05) is 19.3 Å². The van der Waals surface area contributed by atoms with E-state index in [0.717, 1.165) is 47.8 Å². The molecule has 0 aromatic heterocycles. The number of piperidine rings is 1.